The maximum Gasteiger partial charge on any atom is 0.243 e. The number of carbonyl (C=O) groups is 1. The highest BCUT2D eigenvalue weighted by molar-refractivity contribution is 7.89. The monoisotopic (exact) mass is 420 g/mol. The normalized spacial score (nSPS) is 15.3. The lowest BCUT2D eigenvalue weighted by Gasteiger charge is -2.25. The number of sulfonamides is 1. The number of halogens is 1. The molecule has 1 saturated heterocycles. The number of hydrogen-bond acceptors (Lipinski definition) is 3. The first-order chi connectivity index (χ1) is 13.4. The van der Waals surface area contributed by atoms with Crippen LogP contribution in [0.25, 0.3) is 0 Å². The molecule has 0 aliphatic carbocycles. The van der Waals surface area contributed by atoms with Crippen LogP contribution in [0.2, 0.25) is 5.02 Å². The molecule has 0 bridgehead atoms. The lowest BCUT2D eigenvalue weighted by atomic mass is 10.1. The number of rotatable bonds is 7. The molecular formula is C21H25ClN2O3S. The first-order valence-corrected chi connectivity index (χ1v) is 11.4. The van der Waals surface area contributed by atoms with Gasteiger partial charge in [-0.25, -0.2) is 8.42 Å². The summed E-state index contributed by atoms with van der Waals surface area (Å²) >= 11 is 5.86. The van der Waals surface area contributed by atoms with Gasteiger partial charge >= 0.3 is 0 Å². The lowest BCUT2D eigenvalue weighted by Crippen LogP contribution is -2.35. The molecular weight excluding hydrogens is 396 g/mol. The molecule has 1 N–H and O–H groups in total. The van der Waals surface area contributed by atoms with Gasteiger partial charge in [-0.3, -0.25) is 4.79 Å². The van der Waals surface area contributed by atoms with Crippen molar-refractivity contribution in [3.8, 4) is 0 Å². The highest BCUT2D eigenvalue weighted by atomic mass is 35.5. The van der Waals surface area contributed by atoms with Gasteiger partial charge in [-0.1, -0.05) is 42.3 Å². The predicted molar refractivity (Wildman–Crippen MR) is 111 cm³/mol. The van der Waals surface area contributed by atoms with E-state index in [4.69, 9.17) is 11.6 Å². The Morgan fingerprint density at radius 2 is 1.54 bits per heavy atom. The zero-order valence-corrected chi connectivity index (χ0v) is 17.3. The molecule has 28 heavy (non-hydrogen) atoms. The molecule has 1 aliphatic rings. The van der Waals surface area contributed by atoms with Gasteiger partial charge in [0.15, 0.2) is 0 Å². The van der Waals surface area contributed by atoms with Gasteiger partial charge in [0, 0.05) is 24.7 Å². The molecule has 0 radical (unpaired) electrons. The topological polar surface area (TPSA) is 66.5 Å². The van der Waals surface area contributed by atoms with E-state index in [2.05, 4.69) is 5.32 Å². The Balaban J connectivity index is 1.50. The molecule has 5 nitrogen and oxygen atoms in total. The van der Waals surface area contributed by atoms with Gasteiger partial charge in [-0.15, -0.1) is 0 Å². The van der Waals surface area contributed by atoms with E-state index in [1.54, 1.807) is 28.6 Å². The highest BCUT2D eigenvalue weighted by Crippen LogP contribution is 2.21. The molecule has 0 unspecified atom stereocenters. The molecule has 1 aliphatic heterocycles. The second kappa shape index (κ2) is 9.54. The average Bonchev–Trinajstić information content (AvgIpc) is 2.70. The summed E-state index contributed by atoms with van der Waals surface area (Å²) in [6, 6.07) is 14.2. The van der Waals surface area contributed by atoms with Crippen LogP contribution in [0, 0.1) is 0 Å². The van der Waals surface area contributed by atoms with Gasteiger partial charge < -0.3 is 5.32 Å². The minimum absolute atomic E-state index is 0.0828. The molecule has 150 valence electrons. The van der Waals surface area contributed by atoms with Gasteiger partial charge in [-0.05, 0) is 54.7 Å². The van der Waals surface area contributed by atoms with Crippen molar-refractivity contribution < 1.29 is 13.2 Å². The van der Waals surface area contributed by atoms with Gasteiger partial charge in [0.25, 0.3) is 0 Å². The zero-order chi connectivity index (χ0) is 20.0. The third-order valence-corrected chi connectivity index (χ3v) is 7.05. The molecule has 2 aromatic carbocycles. The number of hydrogen-bond donors (Lipinski definition) is 1. The fourth-order valence-electron chi connectivity index (χ4n) is 3.28. The van der Waals surface area contributed by atoms with Crippen LogP contribution in [-0.4, -0.2) is 38.3 Å². The van der Waals surface area contributed by atoms with E-state index in [9.17, 15) is 13.2 Å². The SMILES string of the molecule is O=C(Cc1ccc(S(=O)(=O)N2CCCCC2)cc1)NCCc1ccc(Cl)cc1. The number of carbonyl (C=O) groups excluding carboxylic acids is 1. The molecule has 1 heterocycles. The fraction of sp³-hybridized carbons (Fsp3) is 0.381. The maximum atomic E-state index is 12.7. The van der Waals surface area contributed by atoms with Crippen molar-refractivity contribution in [3.05, 3.63) is 64.7 Å². The van der Waals surface area contributed by atoms with Crippen LogP contribution in [-0.2, 0) is 27.7 Å². The summed E-state index contributed by atoms with van der Waals surface area (Å²) in [4.78, 5) is 12.4. The van der Waals surface area contributed by atoms with E-state index in [0.29, 0.717) is 29.6 Å². The van der Waals surface area contributed by atoms with E-state index < -0.39 is 10.0 Å². The van der Waals surface area contributed by atoms with Crippen LogP contribution >= 0.6 is 11.6 Å². The third-order valence-electron chi connectivity index (χ3n) is 4.89. The van der Waals surface area contributed by atoms with Crippen LogP contribution in [0.3, 0.4) is 0 Å². The van der Waals surface area contributed by atoms with Gasteiger partial charge in [0.2, 0.25) is 15.9 Å². The molecule has 1 amide bonds. The Hall–Kier alpha value is -1.89. The highest BCUT2D eigenvalue weighted by Gasteiger charge is 2.25. The fourth-order valence-corrected chi connectivity index (χ4v) is 4.92. The van der Waals surface area contributed by atoms with E-state index in [1.165, 1.54) is 0 Å². The molecule has 7 heteroatoms. The zero-order valence-electron chi connectivity index (χ0n) is 15.7. The summed E-state index contributed by atoms with van der Waals surface area (Å²) in [5.74, 6) is -0.0828. The average molecular weight is 421 g/mol. The minimum Gasteiger partial charge on any atom is -0.355 e. The minimum atomic E-state index is -3.43. The second-order valence-electron chi connectivity index (χ2n) is 7.01. The molecule has 0 atom stereocenters. The standard InChI is InChI=1S/C21H25ClN2O3S/c22-19-8-4-17(5-9-19)12-13-23-21(25)16-18-6-10-20(11-7-18)28(26,27)24-14-2-1-3-15-24/h4-11H,1-3,12-16H2,(H,23,25). The third kappa shape index (κ3) is 5.56. The van der Waals surface area contributed by atoms with Crippen molar-refractivity contribution in [2.45, 2.75) is 37.0 Å². The summed E-state index contributed by atoms with van der Waals surface area (Å²) in [7, 11) is -3.43. The summed E-state index contributed by atoms with van der Waals surface area (Å²) in [6.45, 7) is 1.71. The predicted octanol–water partition coefficient (Wildman–Crippen LogP) is 3.42. The quantitative estimate of drug-likeness (QED) is 0.746. The van der Waals surface area contributed by atoms with Crippen molar-refractivity contribution in [1.82, 2.24) is 9.62 Å². The van der Waals surface area contributed by atoms with Crippen LogP contribution in [0.15, 0.2) is 53.4 Å². The first kappa shape index (κ1) is 20.8. The van der Waals surface area contributed by atoms with Crippen LogP contribution in [0.4, 0.5) is 0 Å². The number of benzene rings is 2. The molecule has 0 aromatic heterocycles. The summed E-state index contributed by atoms with van der Waals surface area (Å²) < 4.78 is 26.9. The summed E-state index contributed by atoms with van der Waals surface area (Å²) in [6.07, 6.45) is 3.86. The number of amides is 1. The Kier molecular flexibility index (Phi) is 7.10. The van der Waals surface area contributed by atoms with E-state index in [-0.39, 0.29) is 12.3 Å². The van der Waals surface area contributed by atoms with E-state index in [1.807, 2.05) is 24.3 Å². The van der Waals surface area contributed by atoms with Crippen molar-refractivity contribution >= 4 is 27.5 Å². The van der Waals surface area contributed by atoms with E-state index >= 15 is 0 Å². The molecule has 3 rings (SSSR count). The van der Waals surface area contributed by atoms with Crippen molar-refractivity contribution in [2.24, 2.45) is 0 Å². The largest absolute Gasteiger partial charge is 0.355 e. The van der Waals surface area contributed by atoms with Crippen molar-refractivity contribution in [3.63, 3.8) is 0 Å². The smallest absolute Gasteiger partial charge is 0.243 e. The first-order valence-electron chi connectivity index (χ1n) is 9.55. The molecule has 1 fully saturated rings. The van der Waals surface area contributed by atoms with E-state index in [0.717, 1.165) is 36.8 Å². The Bertz CT molecular complexity index is 890. The maximum absolute atomic E-state index is 12.7. The lowest BCUT2D eigenvalue weighted by molar-refractivity contribution is -0.120. The number of piperidine rings is 1. The number of nitrogens with zero attached hydrogens (tertiary/aromatic N) is 1. The Morgan fingerprint density at radius 1 is 0.929 bits per heavy atom. The van der Waals surface area contributed by atoms with Crippen molar-refractivity contribution in [1.29, 1.82) is 0 Å². The molecule has 2 aromatic rings. The van der Waals surface area contributed by atoms with Gasteiger partial charge in [0.05, 0.1) is 11.3 Å². The molecule has 0 saturated carbocycles. The van der Waals surface area contributed by atoms with Crippen LogP contribution < -0.4 is 5.32 Å². The van der Waals surface area contributed by atoms with Crippen LogP contribution in [0.5, 0.6) is 0 Å². The second-order valence-corrected chi connectivity index (χ2v) is 9.39. The number of nitrogens with one attached hydrogen (secondary N) is 1. The van der Waals surface area contributed by atoms with Gasteiger partial charge in [0.1, 0.15) is 0 Å². The van der Waals surface area contributed by atoms with Crippen LogP contribution in [0.1, 0.15) is 30.4 Å². The van der Waals surface area contributed by atoms with Gasteiger partial charge in [-0.2, -0.15) is 4.31 Å². The summed E-state index contributed by atoms with van der Waals surface area (Å²) in [5, 5.41) is 3.59. The Morgan fingerprint density at radius 3 is 2.18 bits per heavy atom. The summed E-state index contributed by atoms with van der Waals surface area (Å²) in [5.41, 5.74) is 1.90. The van der Waals surface area contributed by atoms with Crippen molar-refractivity contribution in [2.75, 3.05) is 19.6 Å². The Labute approximate surface area is 171 Å². The molecule has 0 spiro atoms.